The minimum absolute atomic E-state index is 0.0481. The van der Waals surface area contributed by atoms with Crippen molar-refractivity contribution in [2.45, 2.75) is 18.7 Å². The molecule has 6 nitrogen and oxygen atoms in total. The number of anilines is 1. The molecule has 0 fully saturated rings. The summed E-state index contributed by atoms with van der Waals surface area (Å²) in [6.45, 7) is 3.44. The summed E-state index contributed by atoms with van der Waals surface area (Å²) in [5, 5.41) is 6.87. The summed E-state index contributed by atoms with van der Waals surface area (Å²) in [4.78, 5) is 3.79. The van der Waals surface area contributed by atoms with E-state index in [0.717, 1.165) is 0 Å². The van der Waals surface area contributed by atoms with Crippen LogP contribution in [0.3, 0.4) is 0 Å². The first-order valence-electron chi connectivity index (χ1n) is 5.06. The van der Waals surface area contributed by atoms with Crippen molar-refractivity contribution in [1.82, 2.24) is 15.2 Å². The molecular weight excluding hydrogens is 276 g/mol. The highest BCUT2D eigenvalue weighted by Crippen LogP contribution is 2.21. The van der Waals surface area contributed by atoms with Gasteiger partial charge in [-0.3, -0.25) is 9.82 Å². The highest BCUT2D eigenvalue weighted by molar-refractivity contribution is 7.92. The molecule has 2 rings (SSSR count). The Morgan fingerprint density at radius 2 is 2.06 bits per heavy atom. The molecule has 0 aromatic carbocycles. The first-order valence-corrected chi connectivity index (χ1v) is 6.92. The molecule has 96 valence electrons. The van der Waals surface area contributed by atoms with Crippen LogP contribution in [-0.4, -0.2) is 23.6 Å². The number of aromatic amines is 1. The van der Waals surface area contributed by atoms with Gasteiger partial charge in [0.1, 0.15) is 10.0 Å². The summed E-state index contributed by atoms with van der Waals surface area (Å²) >= 11 is 5.61. The minimum Gasteiger partial charge on any atom is -0.280 e. The first kappa shape index (κ1) is 12.8. The Morgan fingerprint density at radius 3 is 2.56 bits per heavy atom. The fourth-order valence-corrected chi connectivity index (χ4v) is 2.65. The number of aryl methyl sites for hydroxylation is 2. The van der Waals surface area contributed by atoms with Crippen LogP contribution in [0.25, 0.3) is 0 Å². The van der Waals surface area contributed by atoms with E-state index in [1.165, 1.54) is 18.3 Å². The average Bonchev–Trinajstić information content (AvgIpc) is 2.61. The summed E-state index contributed by atoms with van der Waals surface area (Å²) in [5.41, 5.74) is 1.68. The predicted molar refractivity (Wildman–Crippen MR) is 68.1 cm³/mol. The highest BCUT2D eigenvalue weighted by atomic mass is 35.5. The summed E-state index contributed by atoms with van der Waals surface area (Å²) < 4.78 is 26.6. The Hall–Kier alpha value is -1.60. The third kappa shape index (κ3) is 2.46. The second-order valence-electron chi connectivity index (χ2n) is 3.73. The lowest BCUT2D eigenvalue weighted by Crippen LogP contribution is -2.14. The van der Waals surface area contributed by atoms with Gasteiger partial charge in [0.2, 0.25) is 0 Å². The Morgan fingerprint density at radius 1 is 1.33 bits per heavy atom. The van der Waals surface area contributed by atoms with Gasteiger partial charge in [0.15, 0.2) is 0 Å². The Balaban J connectivity index is 2.36. The lowest BCUT2D eigenvalue weighted by atomic mass is 10.3. The van der Waals surface area contributed by atoms with Gasteiger partial charge in [-0.1, -0.05) is 11.6 Å². The molecule has 0 radical (unpaired) electrons. The van der Waals surface area contributed by atoms with E-state index in [1.807, 2.05) is 0 Å². The topological polar surface area (TPSA) is 87.7 Å². The first-order chi connectivity index (χ1) is 8.40. The number of sulfonamides is 1. The third-order valence-corrected chi connectivity index (χ3v) is 3.93. The van der Waals surface area contributed by atoms with Gasteiger partial charge in [-0.05, 0) is 26.0 Å². The maximum absolute atomic E-state index is 12.1. The molecule has 0 aliphatic rings. The Kier molecular flexibility index (Phi) is 3.27. The molecular formula is C10H11ClN4O2S. The van der Waals surface area contributed by atoms with E-state index in [2.05, 4.69) is 19.9 Å². The van der Waals surface area contributed by atoms with Gasteiger partial charge in [-0.2, -0.15) is 5.10 Å². The maximum Gasteiger partial charge on any atom is 0.263 e. The number of halogens is 1. The number of pyridine rings is 1. The molecule has 0 aliphatic carbocycles. The number of nitrogens with one attached hydrogen (secondary N) is 2. The van der Waals surface area contributed by atoms with Crippen molar-refractivity contribution in [2.24, 2.45) is 0 Å². The molecule has 0 saturated heterocycles. The molecule has 18 heavy (non-hydrogen) atoms. The summed E-state index contributed by atoms with van der Waals surface area (Å²) in [6, 6.07) is 2.81. The van der Waals surface area contributed by atoms with E-state index in [9.17, 15) is 8.42 Å². The van der Waals surface area contributed by atoms with Crippen molar-refractivity contribution in [3.05, 3.63) is 34.9 Å². The number of rotatable bonds is 3. The molecule has 0 amide bonds. The fraction of sp³-hybridized carbons (Fsp3) is 0.200. The molecule has 2 aromatic rings. The van der Waals surface area contributed by atoms with Gasteiger partial charge in [-0.25, -0.2) is 13.4 Å². The van der Waals surface area contributed by atoms with Crippen LogP contribution in [0.1, 0.15) is 11.4 Å². The van der Waals surface area contributed by atoms with Crippen molar-refractivity contribution in [1.29, 1.82) is 0 Å². The van der Waals surface area contributed by atoms with Gasteiger partial charge in [-0.15, -0.1) is 0 Å². The van der Waals surface area contributed by atoms with Crippen LogP contribution in [0.4, 0.5) is 5.69 Å². The van der Waals surface area contributed by atoms with E-state index in [1.54, 1.807) is 13.8 Å². The SMILES string of the molecule is Cc1n[nH]c(C)c1NS(=O)(=O)c1ccc(Cl)nc1. The van der Waals surface area contributed by atoms with E-state index in [0.29, 0.717) is 17.1 Å². The van der Waals surface area contributed by atoms with Crippen molar-refractivity contribution < 1.29 is 8.42 Å². The monoisotopic (exact) mass is 286 g/mol. The molecule has 8 heteroatoms. The number of nitrogens with zero attached hydrogens (tertiary/aromatic N) is 2. The van der Waals surface area contributed by atoms with Gasteiger partial charge in [0.05, 0.1) is 17.1 Å². The second-order valence-corrected chi connectivity index (χ2v) is 5.80. The van der Waals surface area contributed by atoms with Crippen LogP contribution in [0, 0.1) is 13.8 Å². The Labute approximate surface area is 109 Å². The molecule has 0 unspecified atom stereocenters. The summed E-state index contributed by atoms with van der Waals surface area (Å²) in [5.74, 6) is 0. The molecule has 0 atom stereocenters. The number of H-pyrrole nitrogens is 1. The summed E-state index contributed by atoms with van der Waals surface area (Å²) in [7, 11) is -3.68. The quantitative estimate of drug-likeness (QED) is 0.843. The van der Waals surface area contributed by atoms with Gasteiger partial charge in [0.25, 0.3) is 10.0 Å². The molecule has 0 saturated carbocycles. The molecule has 0 spiro atoms. The highest BCUT2D eigenvalue weighted by Gasteiger charge is 2.18. The zero-order chi connectivity index (χ0) is 13.3. The lowest BCUT2D eigenvalue weighted by molar-refractivity contribution is 0.600. The molecule has 0 bridgehead atoms. The molecule has 0 aliphatic heterocycles. The lowest BCUT2D eigenvalue weighted by Gasteiger charge is -2.07. The van der Waals surface area contributed by atoms with Crippen LogP contribution >= 0.6 is 11.6 Å². The largest absolute Gasteiger partial charge is 0.280 e. The van der Waals surface area contributed by atoms with Crippen molar-refractivity contribution >= 4 is 27.3 Å². The van der Waals surface area contributed by atoms with Gasteiger partial charge >= 0.3 is 0 Å². The van der Waals surface area contributed by atoms with Crippen molar-refractivity contribution in [2.75, 3.05) is 4.72 Å². The van der Waals surface area contributed by atoms with E-state index < -0.39 is 10.0 Å². The van der Waals surface area contributed by atoms with Crippen LogP contribution in [0.5, 0.6) is 0 Å². The zero-order valence-electron chi connectivity index (χ0n) is 9.73. The van der Waals surface area contributed by atoms with Crippen molar-refractivity contribution in [3.63, 3.8) is 0 Å². The third-order valence-electron chi connectivity index (χ3n) is 2.38. The Bertz CT molecular complexity index is 644. The smallest absolute Gasteiger partial charge is 0.263 e. The number of aromatic nitrogens is 3. The van der Waals surface area contributed by atoms with Crippen LogP contribution in [0.2, 0.25) is 5.15 Å². The van der Waals surface area contributed by atoms with Crippen LogP contribution in [-0.2, 0) is 10.0 Å². The summed E-state index contributed by atoms with van der Waals surface area (Å²) in [6.07, 6.45) is 1.20. The minimum atomic E-state index is -3.68. The normalized spacial score (nSPS) is 11.5. The number of hydrogen-bond acceptors (Lipinski definition) is 4. The van der Waals surface area contributed by atoms with E-state index in [-0.39, 0.29) is 10.0 Å². The van der Waals surface area contributed by atoms with Gasteiger partial charge < -0.3 is 0 Å². The van der Waals surface area contributed by atoms with E-state index >= 15 is 0 Å². The fourth-order valence-electron chi connectivity index (χ4n) is 1.42. The number of hydrogen-bond donors (Lipinski definition) is 2. The predicted octanol–water partition coefficient (Wildman–Crippen LogP) is 1.88. The zero-order valence-corrected chi connectivity index (χ0v) is 11.3. The van der Waals surface area contributed by atoms with Crippen molar-refractivity contribution in [3.8, 4) is 0 Å². The second kappa shape index (κ2) is 4.58. The molecule has 2 N–H and O–H groups in total. The van der Waals surface area contributed by atoms with Gasteiger partial charge in [0, 0.05) is 6.20 Å². The maximum atomic E-state index is 12.1. The average molecular weight is 287 g/mol. The van der Waals surface area contributed by atoms with Crippen LogP contribution in [0.15, 0.2) is 23.2 Å². The molecule has 2 heterocycles. The molecule has 2 aromatic heterocycles. The van der Waals surface area contributed by atoms with E-state index in [4.69, 9.17) is 11.6 Å². The van der Waals surface area contributed by atoms with Crippen LogP contribution < -0.4 is 4.72 Å². The standard InChI is InChI=1S/C10H11ClN4O2S/c1-6-10(7(2)14-13-6)15-18(16,17)8-3-4-9(11)12-5-8/h3-5,15H,1-2H3,(H,13,14).